The molecule has 0 radical (unpaired) electrons. The average Bonchev–Trinajstić information content (AvgIpc) is 3.40. The molecule has 148 valence electrons. The summed E-state index contributed by atoms with van der Waals surface area (Å²) in [6.45, 7) is 2.93. The number of ether oxygens (including phenoxy) is 2. The van der Waals surface area contributed by atoms with Crippen LogP contribution in [0.25, 0.3) is 0 Å². The quantitative estimate of drug-likeness (QED) is 0.773. The number of amides is 1. The van der Waals surface area contributed by atoms with Gasteiger partial charge in [0.1, 0.15) is 6.04 Å². The first-order valence-corrected chi connectivity index (χ1v) is 11.1. The Labute approximate surface area is 160 Å². The molecule has 8 heteroatoms. The fraction of sp³-hybridized carbons (Fsp3) is 0.632. The molecule has 1 aromatic carbocycles. The maximum atomic E-state index is 13.1. The molecular formula is C19H26N2O5S. The molecule has 1 unspecified atom stereocenters. The number of hydrogen-bond acceptors (Lipinski definition) is 5. The summed E-state index contributed by atoms with van der Waals surface area (Å²) in [7, 11) is -3.65. The van der Waals surface area contributed by atoms with Crippen LogP contribution < -0.4 is 0 Å². The van der Waals surface area contributed by atoms with E-state index in [9.17, 15) is 13.2 Å². The Morgan fingerprint density at radius 3 is 2.30 bits per heavy atom. The minimum absolute atomic E-state index is 0.0706. The minimum Gasteiger partial charge on any atom is -0.350 e. The maximum absolute atomic E-state index is 13.1. The predicted octanol–water partition coefficient (Wildman–Crippen LogP) is 1.45. The molecule has 0 spiro atoms. The Balaban J connectivity index is 1.42. The van der Waals surface area contributed by atoms with Crippen molar-refractivity contribution in [2.75, 3.05) is 32.8 Å². The van der Waals surface area contributed by atoms with Gasteiger partial charge >= 0.3 is 0 Å². The fourth-order valence-electron chi connectivity index (χ4n) is 4.25. The summed E-state index contributed by atoms with van der Waals surface area (Å²) >= 11 is 0. The zero-order valence-electron chi connectivity index (χ0n) is 15.3. The van der Waals surface area contributed by atoms with E-state index in [1.165, 1.54) is 4.31 Å². The highest BCUT2D eigenvalue weighted by Crippen LogP contribution is 2.30. The van der Waals surface area contributed by atoms with Gasteiger partial charge in [-0.1, -0.05) is 18.2 Å². The smallest absolute Gasteiger partial charge is 0.243 e. The highest BCUT2D eigenvalue weighted by Gasteiger charge is 2.42. The van der Waals surface area contributed by atoms with Crippen LogP contribution in [0.3, 0.4) is 0 Å². The molecular weight excluding hydrogens is 368 g/mol. The van der Waals surface area contributed by atoms with Crippen LogP contribution in [0, 0.1) is 5.92 Å². The van der Waals surface area contributed by atoms with Crippen molar-refractivity contribution >= 4 is 15.9 Å². The third kappa shape index (κ3) is 3.76. The van der Waals surface area contributed by atoms with Gasteiger partial charge < -0.3 is 14.4 Å². The first-order chi connectivity index (χ1) is 13.1. The Hall–Kier alpha value is -1.48. The first kappa shape index (κ1) is 18.9. The molecule has 4 rings (SSSR count). The van der Waals surface area contributed by atoms with E-state index in [1.54, 1.807) is 30.3 Å². The van der Waals surface area contributed by atoms with Crippen molar-refractivity contribution in [2.45, 2.75) is 42.9 Å². The van der Waals surface area contributed by atoms with Gasteiger partial charge in [0, 0.05) is 25.6 Å². The lowest BCUT2D eigenvalue weighted by Gasteiger charge is -2.36. The Kier molecular flexibility index (Phi) is 5.50. The minimum atomic E-state index is -3.65. The van der Waals surface area contributed by atoms with Crippen LogP contribution in [0.4, 0.5) is 0 Å². The second-order valence-electron chi connectivity index (χ2n) is 7.36. The molecule has 1 aromatic rings. The van der Waals surface area contributed by atoms with Gasteiger partial charge in [-0.15, -0.1) is 0 Å². The van der Waals surface area contributed by atoms with Crippen LogP contribution in [0.15, 0.2) is 35.2 Å². The van der Waals surface area contributed by atoms with Crippen molar-refractivity contribution < 1.29 is 22.7 Å². The van der Waals surface area contributed by atoms with Crippen molar-refractivity contribution in [3.8, 4) is 0 Å². The van der Waals surface area contributed by atoms with Crippen LogP contribution in [0.2, 0.25) is 0 Å². The normalized spacial score (nSPS) is 25.9. The first-order valence-electron chi connectivity index (χ1n) is 9.66. The number of piperidine rings is 1. The molecule has 1 amide bonds. The molecule has 0 N–H and O–H groups in total. The SMILES string of the molecule is O=C(C1CCCN1S(=O)(=O)c1ccccc1)N1CCC(C2OCCO2)CC1. The average molecular weight is 394 g/mol. The zero-order valence-corrected chi connectivity index (χ0v) is 16.1. The molecule has 0 aliphatic carbocycles. The number of carbonyl (C=O) groups is 1. The lowest BCUT2D eigenvalue weighted by atomic mass is 9.95. The van der Waals surface area contributed by atoms with Gasteiger partial charge in [0.05, 0.1) is 18.1 Å². The molecule has 0 saturated carbocycles. The van der Waals surface area contributed by atoms with Gasteiger partial charge in [0.2, 0.25) is 15.9 Å². The molecule has 0 aromatic heterocycles. The number of benzene rings is 1. The van der Waals surface area contributed by atoms with Gasteiger partial charge in [-0.2, -0.15) is 4.31 Å². The van der Waals surface area contributed by atoms with Crippen molar-refractivity contribution in [2.24, 2.45) is 5.92 Å². The number of sulfonamides is 1. The molecule has 1 atom stereocenters. The molecule has 3 aliphatic heterocycles. The number of rotatable bonds is 4. The lowest BCUT2D eigenvalue weighted by Crippen LogP contribution is -2.50. The number of likely N-dealkylation sites (tertiary alicyclic amines) is 1. The molecule has 7 nitrogen and oxygen atoms in total. The van der Waals surface area contributed by atoms with Crippen LogP contribution in [-0.4, -0.2) is 68.7 Å². The number of nitrogens with zero attached hydrogens (tertiary/aromatic N) is 2. The van der Waals surface area contributed by atoms with Crippen LogP contribution in [-0.2, 0) is 24.3 Å². The maximum Gasteiger partial charge on any atom is 0.243 e. The fourth-order valence-corrected chi connectivity index (χ4v) is 5.93. The van der Waals surface area contributed by atoms with E-state index in [1.807, 2.05) is 4.90 Å². The van der Waals surface area contributed by atoms with E-state index < -0.39 is 16.1 Å². The monoisotopic (exact) mass is 394 g/mol. The third-order valence-electron chi connectivity index (χ3n) is 5.72. The van der Waals surface area contributed by atoms with Crippen molar-refractivity contribution in [3.63, 3.8) is 0 Å². The van der Waals surface area contributed by atoms with Gasteiger partial charge in [-0.25, -0.2) is 8.42 Å². The Morgan fingerprint density at radius 2 is 1.63 bits per heavy atom. The molecule has 27 heavy (non-hydrogen) atoms. The van der Waals surface area contributed by atoms with Gasteiger partial charge in [0.25, 0.3) is 0 Å². The topological polar surface area (TPSA) is 76.2 Å². The summed E-state index contributed by atoms with van der Waals surface area (Å²) in [6, 6.07) is 7.78. The molecule has 3 aliphatic rings. The predicted molar refractivity (Wildman–Crippen MR) is 98.4 cm³/mol. The summed E-state index contributed by atoms with van der Waals surface area (Å²) in [5, 5.41) is 0. The number of hydrogen-bond donors (Lipinski definition) is 0. The van der Waals surface area contributed by atoms with E-state index in [2.05, 4.69) is 0 Å². The zero-order chi connectivity index (χ0) is 18.9. The molecule has 3 saturated heterocycles. The molecule has 3 heterocycles. The van der Waals surface area contributed by atoms with E-state index in [-0.39, 0.29) is 17.1 Å². The Bertz CT molecular complexity index is 756. The largest absolute Gasteiger partial charge is 0.350 e. The molecule has 0 bridgehead atoms. The standard InChI is InChI=1S/C19H26N2O5S/c22-18(20-11-8-15(9-12-20)19-25-13-14-26-19)17-7-4-10-21(17)27(23,24)16-5-2-1-3-6-16/h1-3,5-6,15,17,19H,4,7-14H2. The highest BCUT2D eigenvalue weighted by molar-refractivity contribution is 7.89. The number of carbonyl (C=O) groups excluding carboxylic acids is 1. The van der Waals surface area contributed by atoms with Gasteiger partial charge in [-0.3, -0.25) is 4.79 Å². The summed E-state index contributed by atoms with van der Waals surface area (Å²) in [4.78, 5) is 15.1. The van der Waals surface area contributed by atoms with Crippen LogP contribution in [0.5, 0.6) is 0 Å². The summed E-state index contributed by atoms with van der Waals surface area (Å²) in [5.74, 6) is 0.239. The lowest BCUT2D eigenvalue weighted by molar-refractivity contribution is -0.140. The van der Waals surface area contributed by atoms with Crippen LogP contribution in [0.1, 0.15) is 25.7 Å². The van der Waals surface area contributed by atoms with Gasteiger partial charge in [0.15, 0.2) is 6.29 Å². The van der Waals surface area contributed by atoms with E-state index >= 15 is 0 Å². The Morgan fingerprint density at radius 1 is 0.963 bits per heavy atom. The molecule has 3 fully saturated rings. The second kappa shape index (κ2) is 7.87. The van der Waals surface area contributed by atoms with E-state index in [0.717, 1.165) is 12.8 Å². The third-order valence-corrected chi connectivity index (χ3v) is 7.64. The summed E-state index contributed by atoms with van der Waals surface area (Å²) in [5.41, 5.74) is 0. The van der Waals surface area contributed by atoms with Crippen LogP contribution >= 0.6 is 0 Å². The second-order valence-corrected chi connectivity index (χ2v) is 9.25. The van der Waals surface area contributed by atoms with Gasteiger partial charge in [-0.05, 0) is 37.8 Å². The highest BCUT2D eigenvalue weighted by atomic mass is 32.2. The van der Waals surface area contributed by atoms with Crippen molar-refractivity contribution in [1.82, 2.24) is 9.21 Å². The summed E-state index contributed by atoms with van der Waals surface area (Å²) < 4.78 is 38.5. The van der Waals surface area contributed by atoms with E-state index in [0.29, 0.717) is 51.6 Å². The van der Waals surface area contributed by atoms with Crippen molar-refractivity contribution in [3.05, 3.63) is 30.3 Å². The van der Waals surface area contributed by atoms with Crippen molar-refractivity contribution in [1.29, 1.82) is 0 Å². The summed E-state index contributed by atoms with van der Waals surface area (Å²) in [6.07, 6.45) is 2.80. The van der Waals surface area contributed by atoms with E-state index in [4.69, 9.17) is 9.47 Å².